The first kappa shape index (κ1) is 15.2. The van der Waals surface area contributed by atoms with Crippen molar-refractivity contribution in [2.24, 2.45) is 0 Å². The molecule has 0 bridgehead atoms. The Bertz CT molecular complexity index is 849. The molecule has 1 saturated heterocycles. The van der Waals surface area contributed by atoms with Gasteiger partial charge >= 0.3 is 0 Å². The minimum Gasteiger partial charge on any atom is -0.354 e. The summed E-state index contributed by atoms with van der Waals surface area (Å²) in [5.41, 5.74) is 2.59. The van der Waals surface area contributed by atoms with Crippen LogP contribution in [0.4, 0.5) is 11.4 Å². The number of fused-ring (bicyclic) bond motifs is 1. The number of aromatic amines is 1. The van der Waals surface area contributed by atoms with Crippen molar-refractivity contribution in [3.8, 4) is 0 Å². The third-order valence-electron chi connectivity index (χ3n) is 4.27. The number of carbonyl (C=O) groups excluding carboxylic acids is 1. The maximum atomic E-state index is 12.5. The average molecular weight is 341 g/mol. The van der Waals surface area contributed by atoms with E-state index in [1.165, 1.54) is 17.8 Å². The normalized spacial score (nSPS) is 17.2. The molecule has 124 valence electrons. The van der Waals surface area contributed by atoms with Crippen molar-refractivity contribution in [2.75, 3.05) is 18.4 Å². The molecule has 24 heavy (non-hydrogen) atoms. The standard InChI is InChI=1S/C17H19N5OS/c23-17(21-10-11-2-1-6-18-11)15-14(5-9-24-15)22-13-4-8-20-16-12(13)3-7-19-16/h3-5,7-9,11,18H,1-2,6,10H2,(H,21,23)(H2,19,20,22)/t11-/m1/s1. The van der Waals surface area contributed by atoms with Crippen LogP contribution in [-0.2, 0) is 0 Å². The highest BCUT2D eigenvalue weighted by Gasteiger charge is 2.18. The van der Waals surface area contributed by atoms with Gasteiger partial charge in [0.2, 0.25) is 0 Å². The van der Waals surface area contributed by atoms with Crippen LogP contribution in [0, 0.1) is 0 Å². The van der Waals surface area contributed by atoms with Crippen molar-refractivity contribution in [3.05, 3.63) is 40.8 Å². The zero-order valence-corrected chi connectivity index (χ0v) is 14.0. The van der Waals surface area contributed by atoms with Crippen LogP contribution in [0.15, 0.2) is 36.0 Å². The first-order chi connectivity index (χ1) is 11.8. The van der Waals surface area contributed by atoms with Crippen LogP contribution >= 0.6 is 11.3 Å². The lowest BCUT2D eigenvalue weighted by Gasteiger charge is -2.12. The Morgan fingerprint density at radius 2 is 2.29 bits per heavy atom. The van der Waals surface area contributed by atoms with Gasteiger partial charge in [0.1, 0.15) is 10.5 Å². The minimum absolute atomic E-state index is 0.0273. The van der Waals surface area contributed by atoms with Gasteiger partial charge in [-0.3, -0.25) is 4.79 Å². The minimum atomic E-state index is -0.0273. The molecule has 6 nitrogen and oxygen atoms in total. The quantitative estimate of drug-likeness (QED) is 0.575. The predicted molar refractivity (Wildman–Crippen MR) is 97.1 cm³/mol. The molecule has 1 aliphatic heterocycles. The van der Waals surface area contributed by atoms with Crippen molar-refractivity contribution in [2.45, 2.75) is 18.9 Å². The number of nitrogens with one attached hydrogen (secondary N) is 4. The highest BCUT2D eigenvalue weighted by molar-refractivity contribution is 7.12. The maximum Gasteiger partial charge on any atom is 0.263 e. The first-order valence-corrected chi connectivity index (χ1v) is 8.97. The van der Waals surface area contributed by atoms with E-state index in [-0.39, 0.29) is 5.91 Å². The fraction of sp³-hybridized carbons (Fsp3) is 0.294. The summed E-state index contributed by atoms with van der Waals surface area (Å²) in [6.45, 7) is 1.72. The van der Waals surface area contributed by atoms with E-state index in [1.54, 1.807) is 6.20 Å². The Labute approximate surface area is 143 Å². The largest absolute Gasteiger partial charge is 0.354 e. The van der Waals surface area contributed by atoms with Gasteiger partial charge in [-0.2, -0.15) is 0 Å². The van der Waals surface area contributed by atoms with E-state index in [9.17, 15) is 4.79 Å². The zero-order valence-electron chi connectivity index (χ0n) is 13.1. The molecule has 3 aromatic heterocycles. The second kappa shape index (κ2) is 6.62. The molecule has 4 N–H and O–H groups in total. The molecule has 1 amide bonds. The van der Waals surface area contributed by atoms with Crippen molar-refractivity contribution in [1.82, 2.24) is 20.6 Å². The summed E-state index contributed by atoms with van der Waals surface area (Å²) in [5.74, 6) is -0.0273. The summed E-state index contributed by atoms with van der Waals surface area (Å²) < 4.78 is 0. The van der Waals surface area contributed by atoms with Crippen molar-refractivity contribution in [3.63, 3.8) is 0 Å². The molecule has 0 radical (unpaired) electrons. The highest BCUT2D eigenvalue weighted by atomic mass is 32.1. The number of hydrogen-bond donors (Lipinski definition) is 4. The van der Waals surface area contributed by atoms with Gasteiger partial charge in [0.05, 0.1) is 11.4 Å². The van der Waals surface area contributed by atoms with Gasteiger partial charge in [-0.1, -0.05) is 0 Å². The lowest BCUT2D eigenvalue weighted by Crippen LogP contribution is -2.37. The Balaban J connectivity index is 1.49. The second-order valence-corrected chi connectivity index (χ2v) is 6.81. The summed E-state index contributed by atoms with van der Waals surface area (Å²) in [4.78, 5) is 20.6. The topological polar surface area (TPSA) is 81.8 Å². The Hall–Kier alpha value is -2.38. The fourth-order valence-corrected chi connectivity index (χ4v) is 3.79. The van der Waals surface area contributed by atoms with E-state index in [0.717, 1.165) is 35.4 Å². The average Bonchev–Trinajstić information content (AvgIpc) is 3.34. The van der Waals surface area contributed by atoms with E-state index in [4.69, 9.17) is 0 Å². The number of hydrogen-bond acceptors (Lipinski definition) is 5. The number of thiophene rings is 1. The van der Waals surface area contributed by atoms with Crippen LogP contribution in [0.3, 0.4) is 0 Å². The lowest BCUT2D eigenvalue weighted by atomic mass is 10.2. The predicted octanol–water partition coefficient (Wildman–Crippen LogP) is 2.85. The monoisotopic (exact) mass is 341 g/mol. The first-order valence-electron chi connectivity index (χ1n) is 8.09. The van der Waals surface area contributed by atoms with Crippen LogP contribution in [-0.4, -0.2) is 35.0 Å². The van der Waals surface area contributed by atoms with Crippen LogP contribution in [0.25, 0.3) is 11.0 Å². The van der Waals surface area contributed by atoms with Gasteiger partial charge in [0, 0.05) is 30.4 Å². The highest BCUT2D eigenvalue weighted by Crippen LogP contribution is 2.29. The van der Waals surface area contributed by atoms with Crippen LogP contribution in [0.2, 0.25) is 0 Å². The molecule has 0 saturated carbocycles. The van der Waals surface area contributed by atoms with Crippen LogP contribution in [0.1, 0.15) is 22.5 Å². The van der Waals surface area contributed by atoms with Gasteiger partial charge in [-0.05, 0) is 43.0 Å². The fourth-order valence-electron chi connectivity index (χ4n) is 3.03. The van der Waals surface area contributed by atoms with Crippen LogP contribution < -0.4 is 16.0 Å². The number of nitrogens with zero attached hydrogens (tertiary/aromatic N) is 1. The molecule has 4 rings (SSSR count). The Kier molecular flexibility index (Phi) is 4.18. The smallest absolute Gasteiger partial charge is 0.263 e. The molecular weight excluding hydrogens is 322 g/mol. The molecule has 0 aliphatic carbocycles. The van der Waals surface area contributed by atoms with Gasteiger partial charge < -0.3 is 20.9 Å². The summed E-state index contributed by atoms with van der Waals surface area (Å²) in [7, 11) is 0. The molecule has 0 unspecified atom stereocenters. The van der Waals surface area contributed by atoms with Gasteiger partial charge in [0.25, 0.3) is 5.91 Å². The lowest BCUT2D eigenvalue weighted by molar-refractivity contribution is 0.0955. The second-order valence-electron chi connectivity index (χ2n) is 5.89. The summed E-state index contributed by atoms with van der Waals surface area (Å²) in [6, 6.07) is 6.22. The molecule has 7 heteroatoms. The van der Waals surface area contributed by atoms with E-state index >= 15 is 0 Å². The zero-order chi connectivity index (χ0) is 16.4. The molecule has 1 atom stereocenters. The molecule has 1 aliphatic rings. The van der Waals surface area contributed by atoms with Gasteiger partial charge in [-0.15, -0.1) is 11.3 Å². The Morgan fingerprint density at radius 3 is 3.17 bits per heavy atom. The number of amides is 1. The van der Waals surface area contributed by atoms with E-state index in [1.807, 2.05) is 29.8 Å². The summed E-state index contributed by atoms with van der Waals surface area (Å²) in [5, 5.41) is 12.7. The van der Waals surface area contributed by atoms with E-state index in [2.05, 4.69) is 25.9 Å². The van der Waals surface area contributed by atoms with Crippen molar-refractivity contribution in [1.29, 1.82) is 0 Å². The number of carbonyl (C=O) groups is 1. The summed E-state index contributed by atoms with van der Waals surface area (Å²) in [6.07, 6.45) is 5.91. The molecule has 4 heterocycles. The van der Waals surface area contributed by atoms with Gasteiger partial charge in [0.15, 0.2) is 0 Å². The number of anilines is 2. The number of pyridine rings is 1. The van der Waals surface area contributed by atoms with Crippen molar-refractivity contribution < 1.29 is 4.79 Å². The molecule has 0 aromatic carbocycles. The number of H-pyrrole nitrogens is 1. The number of aromatic nitrogens is 2. The van der Waals surface area contributed by atoms with Crippen molar-refractivity contribution >= 4 is 39.7 Å². The summed E-state index contributed by atoms with van der Waals surface area (Å²) >= 11 is 1.45. The molecule has 0 spiro atoms. The van der Waals surface area contributed by atoms with E-state index < -0.39 is 0 Å². The molecule has 3 aromatic rings. The van der Waals surface area contributed by atoms with Crippen LogP contribution in [0.5, 0.6) is 0 Å². The third-order valence-corrected chi connectivity index (χ3v) is 5.19. The van der Waals surface area contributed by atoms with E-state index in [0.29, 0.717) is 17.5 Å². The molecule has 1 fully saturated rings. The Morgan fingerprint density at radius 1 is 1.33 bits per heavy atom. The SMILES string of the molecule is O=C(NC[C@H]1CCCN1)c1sccc1Nc1ccnc2[nH]ccc12. The maximum absolute atomic E-state index is 12.5. The molecular formula is C17H19N5OS. The van der Waals surface area contributed by atoms with Gasteiger partial charge in [-0.25, -0.2) is 4.98 Å². The number of rotatable bonds is 5. The third kappa shape index (κ3) is 3.00.